The number of aromatic nitrogens is 5. The third-order valence-corrected chi connectivity index (χ3v) is 5.32. The summed E-state index contributed by atoms with van der Waals surface area (Å²) in [6.07, 6.45) is 0. The monoisotopic (exact) mass is 337 g/mol. The van der Waals surface area contributed by atoms with Crippen LogP contribution in [0.1, 0.15) is 26.5 Å². The maximum absolute atomic E-state index is 4.67. The SMILES string of the molecule is CC(C)(C)n1nnnc1SCc1csc(-c2ccsc2)n1. The highest BCUT2D eigenvalue weighted by Gasteiger charge is 2.20. The minimum Gasteiger partial charge on any atom is -0.240 e. The summed E-state index contributed by atoms with van der Waals surface area (Å²) in [6.45, 7) is 6.26. The maximum atomic E-state index is 4.67. The molecule has 0 bridgehead atoms. The first kappa shape index (κ1) is 14.7. The van der Waals surface area contributed by atoms with Gasteiger partial charge in [0.1, 0.15) is 5.01 Å². The summed E-state index contributed by atoms with van der Waals surface area (Å²) < 4.78 is 1.85. The van der Waals surface area contributed by atoms with Crippen LogP contribution in [-0.2, 0) is 11.3 Å². The number of rotatable bonds is 4. The first-order valence-electron chi connectivity index (χ1n) is 6.42. The topological polar surface area (TPSA) is 56.5 Å². The molecule has 8 heteroatoms. The molecule has 3 rings (SSSR count). The van der Waals surface area contributed by atoms with Crippen molar-refractivity contribution in [3.8, 4) is 10.6 Å². The zero-order valence-electron chi connectivity index (χ0n) is 12.0. The molecule has 0 atom stereocenters. The molecule has 0 saturated carbocycles. The van der Waals surface area contributed by atoms with Gasteiger partial charge in [0.25, 0.3) is 0 Å². The molecule has 3 aromatic heterocycles. The Morgan fingerprint density at radius 3 is 2.86 bits per heavy atom. The Balaban J connectivity index is 1.70. The van der Waals surface area contributed by atoms with Gasteiger partial charge in [-0.3, -0.25) is 0 Å². The van der Waals surface area contributed by atoms with Gasteiger partial charge < -0.3 is 0 Å². The Hall–Kier alpha value is -1.25. The van der Waals surface area contributed by atoms with E-state index < -0.39 is 0 Å². The van der Waals surface area contributed by atoms with Crippen LogP contribution < -0.4 is 0 Å². The van der Waals surface area contributed by atoms with Crippen LogP contribution in [0.25, 0.3) is 10.6 Å². The summed E-state index contributed by atoms with van der Waals surface area (Å²) in [7, 11) is 0. The van der Waals surface area contributed by atoms with Crippen LogP contribution in [0.5, 0.6) is 0 Å². The fraction of sp³-hybridized carbons (Fsp3) is 0.385. The second-order valence-corrected chi connectivity index (χ2v) is 8.07. The Morgan fingerprint density at radius 2 is 2.14 bits per heavy atom. The molecule has 0 N–H and O–H groups in total. The van der Waals surface area contributed by atoms with Crippen molar-refractivity contribution in [2.45, 2.75) is 37.2 Å². The molecule has 0 radical (unpaired) electrons. The molecule has 110 valence electrons. The molecule has 0 fully saturated rings. The maximum Gasteiger partial charge on any atom is 0.210 e. The van der Waals surface area contributed by atoms with Gasteiger partial charge in [-0.15, -0.1) is 16.4 Å². The minimum atomic E-state index is -0.115. The van der Waals surface area contributed by atoms with Crippen molar-refractivity contribution in [3.63, 3.8) is 0 Å². The summed E-state index contributed by atoms with van der Waals surface area (Å²) in [5, 5.41) is 20.1. The molecule has 0 aliphatic rings. The Bertz CT molecular complexity index is 708. The molecule has 0 aromatic carbocycles. The third-order valence-electron chi connectivity index (χ3n) is 2.75. The molecule has 0 amide bonds. The molecule has 0 unspecified atom stereocenters. The molecule has 21 heavy (non-hydrogen) atoms. The standard InChI is InChI=1S/C13H15N5S3/c1-13(2,3)18-12(15-16-17-18)21-8-10-7-20-11(14-10)9-4-5-19-6-9/h4-7H,8H2,1-3H3. The van der Waals surface area contributed by atoms with Gasteiger partial charge in [0.2, 0.25) is 5.16 Å². The fourth-order valence-corrected chi connectivity index (χ4v) is 4.31. The Labute approximate surface area is 135 Å². The molecule has 0 aliphatic carbocycles. The Kier molecular flexibility index (Phi) is 4.10. The molecule has 0 spiro atoms. The largest absolute Gasteiger partial charge is 0.240 e. The molecule has 5 nitrogen and oxygen atoms in total. The lowest BCUT2D eigenvalue weighted by Gasteiger charge is -2.19. The number of thioether (sulfide) groups is 1. The highest BCUT2D eigenvalue weighted by Crippen LogP contribution is 2.29. The highest BCUT2D eigenvalue weighted by atomic mass is 32.2. The average molecular weight is 337 g/mol. The molecule has 3 heterocycles. The summed E-state index contributed by atoms with van der Waals surface area (Å²) >= 11 is 4.99. The quantitative estimate of drug-likeness (QED) is 0.676. The molecular formula is C13H15N5S3. The highest BCUT2D eigenvalue weighted by molar-refractivity contribution is 7.98. The third kappa shape index (κ3) is 3.33. The average Bonchev–Trinajstić information content (AvgIpc) is 3.16. The van der Waals surface area contributed by atoms with Gasteiger partial charge in [0.15, 0.2) is 0 Å². The van der Waals surface area contributed by atoms with E-state index in [4.69, 9.17) is 0 Å². The zero-order valence-corrected chi connectivity index (χ0v) is 14.4. The lowest BCUT2D eigenvalue weighted by atomic mass is 10.1. The lowest BCUT2D eigenvalue weighted by molar-refractivity contribution is 0.321. The zero-order chi connectivity index (χ0) is 14.9. The van der Waals surface area contributed by atoms with Gasteiger partial charge in [-0.1, -0.05) is 11.8 Å². The predicted molar refractivity (Wildman–Crippen MR) is 87.8 cm³/mol. The van der Waals surface area contributed by atoms with E-state index >= 15 is 0 Å². The number of hydrogen-bond acceptors (Lipinski definition) is 7. The predicted octanol–water partition coefficient (Wildman–Crippen LogP) is 3.91. The van der Waals surface area contributed by atoms with Crippen molar-refractivity contribution in [2.75, 3.05) is 0 Å². The second kappa shape index (κ2) is 5.86. The first-order valence-corrected chi connectivity index (χ1v) is 9.23. The summed E-state index contributed by atoms with van der Waals surface area (Å²) in [4.78, 5) is 4.67. The lowest BCUT2D eigenvalue weighted by Crippen LogP contribution is -2.24. The van der Waals surface area contributed by atoms with Gasteiger partial charge in [0, 0.05) is 22.1 Å². The van der Waals surface area contributed by atoms with E-state index in [-0.39, 0.29) is 5.54 Å². The van der Waals surface area contributed by atoms with Crippen LogP contribution in [0.2, 0.25) is 0 Å². The van der Waals surface area contributed by atoms with Gasteiger partial charge in [-0.25, -0.2) is 9.67 Å². The summed E-state index contributed by atoms with van der Waals surface area (Å²) in [5.74, 6) is 0.775. The second-order valence-electron chi connectivity index (χ2n) is 5.49. The van der Waals surface area contributed by atoms with Crippen molar-refractivity contribution in [1.29, 1.82) is 0 Å². The van der Waals surface area contributed by atoms with Crippen molar-refractivity contribution in [2.24, 2.45) is 0 Å². The van der Waals surface area contributed by atoms with Gasteiger partial charge in [0.05, 0.1) is 11.2 Å². The summed E-state index contributed by atoms with van der Waals surface area (Å²) in [5.41, 5.74) is 2.14. The van der Waals surface area contributed by atoms with Gasteiger partial charge >= 0.3 is 0 Å². The minimum absolute atomic E-state index is 0.115. The smallest absolute Gasteiger partial charge is 0.210 e. The van der Waals surface area contributed by atoms with Gasteiger partial charge in [-0.2, -0.15) is 11.3 Å². The first-order chi connectivity index (χ1) is 10.0. The van der Waals surface area contributed by atoms with E-state index in [2.05, 4.69) is 63.5 Å². The number of thiazole rings is 1. The van der Waals surface area contributed by atoms with Crippen molar-refractivity contribution < 1.29 is 0 Å². The summed E-state index contributed by atoms with van der Waals surface area (Å²) in [6, 6.07) is 2.10. The number of hydrogen-bond donors (Lipinski definition) is 0. The number of thiophene rings is 1. The van der Waals surface area contributed by atoms with Crippen LogP contribution in [0.4, 0.5) is 0 Å². The normalized spacial score (nSPS) is 12.0. The van der Waals surface area contributed by atoms with Gasteiger partial charge in [-0.05, 0) is 42.6 Å². The number of tetrazole rings is 1. The fourth-order valence-electron chi connectivity index (χ4n) is 1.72. The van der Waals surface area contributed by atoms with Crippen LogP contribution in [0.3, 0.4) is 0 Å². The van der Waals surface area contributed by atoms with Crippen LogP contribution in [-0.4, -0.2) is 25.2 Å². The van der Waals surface area contributed by atoms with E-state index in [0.29, 0.717) is 0 Å². The van der Waals surface area contributed by atoms with Crippen molar-refractivity contribution in [1.82, 2.24) is 25.2 Å². The Morgan fingerprint density at radius 1 is 1.29 bits per heavy atom. The van der Waals surface area contributed by atoms with E-state index in [0.717, 1.165) is 21.6 Å². The molecule has 0 saturated heterocycles. The number of nitrogens with zero attached hydrogens (tertiary/aromatic N) is 5. The van der Waals surface area contributed by atoms with Crippen LogP contribution in [0.15, 0.2) is 27.4 Å². The van der Waals surface area contributed by atoms with E-state index in [1.54, 1.807) is 34.4 Å². The van der Waals surface area contributed by atoms with Crippen LogP contribution >= 0.6 is 34.4 Å². The van der Waals surface area contributed by atoms with Crippen LogP contribution in [0, 0.1) is 0 Å². The van der Waals surface area contributed by atoms with Crippen molar-refractivity contribution >= 4 is 34.4 Å². The molecular weight excluding hydrogens is 322 g/mol. The molecule has 3 aromatic rings. The van der Waals surface area contributed by atoms with E-state index in [1.165, 1.54) is 5.56 Å². The van der Waals surface area contributed by atoms with E-state index in [1.807, 2.05) is 4.68 Å². The van der Waals surface area contributed by atoms with E-state index in [9.17, 15) is 0 Å². The van der Waals surface area contributed by atoms with Crippen molar-refractivity contribution in [3.05, 3.63) is 27.9 Å². The molecule has 0 aliphatic heterocycles.